The normalized spacial score (nSPS) is 12.2. The van der Waals surface area contributed by atoms with E-state index in [9.17, 15) is 5.11 Å². The van der Waals surface area contributed by atoms with Gasteiger partial charge in [-0.15, -0.1) is 0 Å². The molecule has 1 aromatic heterocycles. The number of aliphatic hydroxyl groups excluding tert-OH is 1. The number of rotatable bonds is 3. The van der Waals surface area contributed by atoms with E-state index in [0.717, 1.165) is 14.5 Å². The summed E-state index contributed by atoms with van der Waals surface area (Å²) in [5.41, 5.74) is 0.828. The molecule has 0 saturated heterocycles. The smallest absolute Gasteiger partial charge is 0.146 e. The van der Waals surface area contributed by atoms with Crippen molar-refractivity contribution in [2.24, 2.45) is 0 Å². The number of hydrogen-bond acceptors (Lipinski definition) is 3. The second-order valence-corrected chi connectivity index (χ2v) is 5.57. The van der Waals surface area contributed by atoms with Crippen molar-refractivity contribution in [1.82, 2.24) is 4.98 Å². The van der Waals surface area contributed by atoms with Gasteiger partial charge in [0.1, 0.15) is 11.5 Å². The number of nitrogens with zero attached hydrogens (tertiary/aromatic N) is 1. The van der Waals surface area contributed by atoms with Gasteiger partial charge in [0.05, 0.1) is 12.3 Å². The Hall–Kier alpha value is -0.910. The Morgan fingerprint density at radius 2 is 1.94 bits per heavy atom. The highest BCUT2D eigenvalue weighted by atomic mass is 79.9. The summed E-state index contributed by atoms with van der Waals surface area (Å²) in [6.45, 7) is 1.72. The fraction of sp³-hybridized carbons (Fsp3) is 0.154. The minimum Gasteiger partial charge on any atom is -0.456 e. The Bertz CT molecular complexity index is 558. The van der Waals surface area contributed by atoms with Crippen LogP contribution in [0.3, 0.4) is 0 Å². The van der Waals surface area contributed by atoms with Gasteiger partial charge in [-0.25, -0.2) is 0 Å². The molecular formula is C13H11Br2NO2. The third-order valence-corrected chi connectivity index (χ3v) is 3.46. The fourth-order valence-electron chi connectivity index (χ4n) is 1.49. The zero-order chi connectivity index (χ0) is 13.1. The van der Waals surface area contributed by atoms with Crippen molar-refractivity contribution >= 4 is 31.9 Å². The highest BCUT2D eigenvalue weighted by Gasteiger charge is 2.07. The number of aliphatic hydroxyl groups is 1. The van der Waals surface area contributed by atoms with Crippen LogP contribution in [0.15, 0.2) is 45.6 Å². The molecule has 3 nitrogen and oxygen atoms in total. The lowest BCUT2D eigenvalue weighted by Gasteiger charge is -2.10. The van der Waals surface area contributed by atoms with Crippen molar-refractivity contribution in [1.29, 1.82) is 0 Å². The third kappa shape index (κ3) is 3.31. The quantitative estimate of drug-likeness (QED) is 0.865. The zero-order valence-corrected chi connectivity index (χ0v) is 12.8. The topological polar surface area (TPSA) is 42.4 Å². The van der Waals surface area contributed by atoms with Crippen molar-refractivity contribution in [2.75, 3.05) is 0 Å². The van der Waals surface area contributed by atoms with Gasteiger partial charge in [0.25, 0.3) is 0 Å². The molecule has 1 N–H and O–H groups in total. The van der Waals surface area contributed by atoms with Crippen molar-refractivity contribution in [3.63, 3.8) is 0 Å². The maximum absolute atomic E-state index is 9.53. The SMILES string of the molecule is C[C@H](O)c1ccc(Oc2cncc(Br)c2)cc1Br. The number of pyridine rings is 1. The van der Waals surface area contributed by atoms with Crippen LogP contribution in [0.25, 0.3) is 0 Å². The molecule has 1 atom stereocenters. The van der Waals surface area contributed by atoms with Gasteiger partial charge < -0.3 is 9.84 Å². The van der Waals surface area contributed by atoms with E-state index in [-0.39, 0.29) is 0 Å². The molecule has 0 radical (unpaired) electrons. The Balaban J connectivity index is 2.23. The Labute approximate surface area is 122 Å². The predicted molar refractivity (Wildman–Crippen MR) is 76.8 cm³/mol. The lowest BCUT2D eigenvalue weighted by Crippen LogP contribution is -1.93. The summed E-state index contributed by atoms with van der Waals surface area (Å²) < 4.78 is 7.35. The molecule has 0 unspecified atom stereocenters. The molecule has 0 fully saturated rings. The molecule has 5 heteroatoms. The first-order chi connectivity index (χ1) is 8.56. The molecule has 1 aromatic carbocycles. The molecule has 0 aliphatic rings. The summed E-state index contributed by atoms with van der Waals surface area (Å²) in [6, 6.07) is 7.30. The van der Waals surface area contributed by atoms with Crippen LogP contribution >= 0.6 is 31.9 Å². The second kappa shape index (κ2) is 5.82. The number of ether oxygens (including phenoxy) is 1. The minimum atomic E-state index is -0.513. The molecular weight excluding hydrogens is 362 g/mol. The average Bonchev–Trinajstić information content (AvgIpc) is 2.28. The van der Waals surface area contributed by atoms with Gasteiger partial charge in [-0.3, -0.25) is 4.98 Å². The summed E-state index contributed by atoms with van der Waals surface area (Å²) in [5, 5.41) is 9.53. The number of aromatic nitrogens is 1. The first kappa shape index (κ1) is 13.5. The van der Waals surface area contributed by atoms with E-state index in [0.29, 0.717) is 11.5 Å². The van der Waals surface area contributed by atoms with Crippen molar-refractivity contribution in [3.8, 4) is 11.5 Å². The van der Waals surface area contributed by atoms with Crippen LogP contribution in [-0.2, 0) is 0 Å². The van der Waals surface area contributed by atoms with Crippen molar-refractivity contribution < 1.29 is 9.84 Å². The summed E-state index contributed by atoms with van der Waals surface area (Å²) >= 11 is 6.75. The lowest BCUT2D eigenvalue weighted by molar-refractivity contribution is 0.198. The predicted octanol–water partition coefficient (Wildman–Crippen LogP) is 4.45. The molecule has 0 aliphatic carbocycles. The lowest BCUT2D eigenvalue weighted by atomic mass is 10.1. The summed E-state index contributed by atoms with van der Waals surface area (Å²) in [4.78, 5) is 4.02. The largest absolute Gasteiger partial charge is 0.456 e. The monoisotopic (exact) mass is 371 g/mol. The number of hydrogen-bond donors (Lipinski definition) is 1. The van der Waals surface area contributed by atoms with E-state index in [1.54, 1.807) is 19.3 Å². The first-order valence-electron chi connectivity index (χ1n) is 5.32. The van der Waals surface area contributed by atoms with Gasteiger partial charge >= 0.3 is 0 Å². The highest BCUT2D eigenvalue weighted by molar-refractivity contribution is 9.10. The van der Waals surface area contributed by atoms with Crippen LogP contribution in [0, 0.1) is 0 Å². The van der Waals surface area contributed by atoms with E-state index in [1.807, 2.05) is 24.3 Å². The second-order valence-electron chi connectivity index (χ2n) is 3.80. The van der Waals surface area contributed by atoms with Crippen LogP contribution in [0.4, 0.5) is 0 Å². The van der Waals surface area contributed by atoms with Crippen LogP contribution in [0.2, 0.25) is 0 Å². The van der Waals surface area contributed by atoms with Crippen LogP contribution in [0.1, 0.15) is 18.6 Å². The molecule has 0 saturated carbocycles. The third-order valence-electron chi connectivity index (χ3n) is 2.34. The molecule has 0 aliphatic heterocycles. The van der Waals surface area contributed by atoms with E-state index in [2.05, 4.69) is 36.8 Å². The maximum Gasteiger partial charge on any atom is 0.146 e. The van der Waals surface area contributed by atoms with Gasteiger partial charge in [-0.2, -0.15) is 0 Å². The van der Waals surface area contributed by atoms with Gasteiger partial charge in [-0.1, -0.05) is 22.0 Å². The van der Waals surface area contributed by atoms with Gasteiger partial charge in [-0.05, 0) is 46.6 Å². The maximum atomic E-state index is 9.53. The standard InChI is InChI=1S/C13H11Br2NO2/c1-8(17)12-3-2-10(5-13(12)15)18-11-4-9(14)6-16-7-11/h2-8,17H,1H3/t8-/m0/s1. The molecule has 18 heavy (non-hydrogen) atoms. The van der Waals surface area contributed by atoms with Crippen LogP contribution in [0.5, 0.6) is 11.5 Å². The van der Waals surface area contributed by atoms with Gasteiger partial charge in [0, 0.05) is 15.1 Å². The molecule has 94 valence electrons. The Morgan fingerprint density at radius 3 is 2.56 bits per heavy atom. The molecule has 0 bridgehead atoms. The molecule has 2 aromatic rings. The van der Waals surface area contributed by atoms with E-state index >= 15 is 0 Å². The molecule has 1 heterocycles. The summed E-state index contributed by atoms with van der Waals surface area (Å²) in [7, 11) is 0. The van der Waals surface area contributed by atoms with Crippen LogP contribution < -0.4 is 4.74 Å². The fourth-order valence-corrected chi connectivity index (χ4v) is 2.53. The summed E-state index contributed by atoms with van der Waals surface area (Å²) in [6.07, 6.45) is 2.82. The van der Waals surface area contributed by atoms with Crippen LogP contribution in [-0.4, -0.2) is 10.1 Å². The highest BCUT2D eigenvalue weighted by Crippen LogP contribution is 2.30. The van der Waals surface area contributed by atoms with E-state index < -0.39 is 6.10 Å². The van der Waals surface area contributed by atoms with Gasteiger partial charge in [0.2, 0.25) is 0 Å². The summed E-state index contributed by atoms with van der Waals surface area (Å²) in [5.74, 6) is 1.34. The van der Waals surface area contributed by atoms with Crippen molar-refractivity contribution in [2.45, 2.75) is 13.0 Å². The first-order valence-corrected chi connectivity index (χ1v) is 6.91. The zero-order valence-electron chi connectivity index (χ0n) is 9.60. The number of halogens is 2. The van der Waals surface area contributed by atoms with E-state index in [4.69, 9.17) is 4.74 Å². The van der Waals surface area contributed by atoms with Crippen molar-refractivity contribution in [3.05, 3.63) is 51.2 Å². The molecule has 0 spiro atoms. The Morgan fingerprint density at radius 1 is 1.17 bits per heavy atom. The Kier molecular flexibility index (Phi) is 4.37. The van der Waals surface area contributed by atoms with E-state index in [1.165, 1.54) is 0 Å². The van der Waals surface area contributed by atoms with Gasteiger partial charge in [0.15, 0.2) is 0 Å². The number of benzene rings is 1. The minimum absolute atomic E-state index is 0.513. The molecule has 2 rings (SSSR count). The average molecular weight is 373 g/mol. The molecule has 0 amide bonds.